The Bertz CT molecular complexity index is 598. The van der Waals surface area contributed by atoms with Crippen LogP contribution in [-0.4, -0.2) is 49.1 Å². The molecule has 1 atom stereocenters. The molecule has 1 saturated heterocycles. The SMILES string of the molecule is CCCO[C@@H]1CCCN(C(=O)/C=C/c2ccc(OCC(N)=O)cc2)C1. The molecule has 2 N–H and O–H groups in total. The van der Waals surface area contributed by atoms with Gasteiger partial charge in [0.1, 0.15) is 5.75 Å². The first-order valence-electron chi connectivity index (χ1n) is 8.68. The van der Waals surface area contributed by atoms with Crippen LogP contribution >= 0.6 is 0 Å². The number of hydrogen-bond acceptors (Lipinski definition) is 4. The largest absolute Gasteiger partial charge is 0.484 e. The number of rotatable bonds is 8. The lowest BCUT2D eigenvalue weighted by Gasteiger charge is -2.32. The highest BCUT2D eigenvalue weighted by Gasteiger charge is 2.22. The number of primary amides is 1. The van der Waals surface area contributed by atoms with Crippen molar-refractivity contribution in [3.63, 3.8) is 0 Å². The third-order valence-corrected chi connectivity index (χ3v) is 3.93. The van der Waals surface area contributed by atoms with Crippen molar-refractivity contribution in [1.82, 2.24) is 4.90 Å². The average molecular weight is 346 g/mol. The van der Waals surface area contributed by atoms with Gasteiger partial charge in [-0.3, -0.25) is 9.59 Å². The summed E-state index contributed by atoms with van der Waals surface area (Å²) < 4.78 is 11.0. The van der Waals surface area contributed by atoms with Gasteiger partial charge in [-0.2, -0.15) is 0 Å². The van der Waals surface area contributed by atoms with Gasteiger partial charge in [0.05, 0.1) is 6.10 Å². The minimum atomic E-state index is -0.516. The molecule has 1 fully saturated rings. The zero-order valence-electron chi connectivity index (χ0n) is 14.6. The van der Waals surface area contributed by atoms with Crippen LogP contribution in [0.3, 0.4) is 0 Å². The number of carbonyl (C=O) groups excluding carboxylic acids is 2. The summed E-state index contributed by atoms with van der Waals surface area (Å²) >= 11 is 0. The Hall–Kier alpha value is -2.34. The van der Waals surface area contributed by atoms with Crippen molar-refractivity contribution in [1.29, 1.82) is 0 Å². The van der Waals surface area contributed by atoms with E-state index in [0.717, 1.165) is 38.0 Å². The van der Waals surface area contributed by atoms with Crippen LogP contribution in [0.25, 0.3) is 6.08 Å². The highest BCUT2D eigenvalue weighted by molar-refractivity contribution is 5.91. The fourth-order valence-corrected chi connectivity index (χ4v) is 2.66. The molecule has 2 rings (SSSR count). The van der Waals surface area contributed by atoms with Crippen LogP contribution in [0.4, 0.5) is 0 Å². The average Bonchev–Trinajstić information content (AvgIpc) is 2.63. The topological polar surface area (TPSA) is 81.9 Å². The van der Waals surface area contributed by atoms with E-state index < -0.39 is 5.91 Å². The summed E-state index contributed by atoms with van der Waals surface area (Å²) in [4.78, 5) is 24.9. The first kappa shape index (κ1) is 19.0. The van der Waals surface area contributed by atoms with Crippen molar-refractivity contribution >= 4 is 17.9 Å². The van der Waals surface area contributed by atoms with Gasteiger partial charge in [0.2, 0.25) is 5.91 Å². The number of likely N-dealkylation sites (tertiary alicyclic amines) is 1. The first-order valence-corrected chi connectivity index (χ1v) is 8.68. The second-order valence-electron chi connectivity index (χ2n) is 6.08. The monoisotopic (exact) mass is 346 g/mol. The third kappa shape index (κ3) is 6.58. The van der Waals surface area contributed by atoms with E-state index in [1.807, 2.05) is 17.0 Å². The fraction of sp³-hybridized carbons (Fsp3) is 0.474. The normalized spacial score (nSPS) is 17.6. The molecule has 2 amide bonds. The maximum absolute atomic E-state index is 12.3. The zero-order chi connectivity index (χ0) is 18.1. The summed E-state index contributed by atoms with van der Waals surface area (Å²) in [6.07, 6.45) is 6.48. The minimum absolute atomic E-state index is 0.00106. The number of benzene rings is 1. The number of piperidine rings is 1. The van der Waals surface area contributed by atoms with Gasteiger partial charge in [-0.15, -0.1) is 0 Å². The van der Waals surface area contributed by atoms with Crippen LogP contribution in [-0.2, 0) is 14.3 Å². The molecular formula is C19H26N2O4. The van der Waals surface area contributed by atoms with E-state index in [1.54, 1.807) is 24.3 Å². The molecule has 6 heteroatoms. The van der Waals surface area contributed by atoms with Gasteiger partial charge in [0.15, 0.2) is 6.61 Å². The molecule has 0 saturated carbocycles. The molecule has 0 radical (unpaired) electrons. The summed E-state index contributed by atoms with van der Waals surface area (Å²) in [6.45, 7) is 4.10. The van der Waals surface area contributed by atoms with E-state index in [9.17, 15) is 9.59 Å². The van der Waals surface area contributed by atoms with E-state index in [2.05, 4.69) is 6.92 Å². The number of nitrogens with two attached hydrogens (primary N) is 1. The molecule has 25 heavy (non-hydrogen) atoms. The Morgan fingerprint density at radius 3 is 2.76 bits per heavy atom. The van der Waals surface area contributed by atoms with E-state index in [4.69, 9.17) is 15.2 Å². The van der Waals surface area contributed by atoms with Crippen LogP contribution in [0.15, 0.2) is 30.3 Å². The highest BCUT2D eigenvalue weighted by atomic mass is 16.5. The minimum Gasteiger partial charge on any atom is -0.484 e. The van der Waals surface area contributed by atoms with Crippen LogP contribution in [0.1, 0.15) is 31.7 Å². The Morgan fingerprint density at radius 1 is 1.32 bits per heavy atom. The van der Waals surface area contributed by atoms with E-state index in [0.29, 0.717) is 12.3 Å². The lowest BCUT2D eigenvalue weighted by Crippen LogP contribution is -2.42. The van der Waals surface area contributed by atoms with Crippen LogP contribution in [0, 0.1) is 0 Å². The summed E-state index contributed by atoms with van der Waals surface area (Å²) in [5.41, 5.74) is 5.92. The van der Waals surface area contributed by atoms with Crippen molar-refractivity contribution < 1.29 is 19.1 Å². The number of carbonyl (C=O) groups is 2. The van der Waals surface area contributed by atoms with Crippen molar-refractivity contribution in [3.05, 3.63) is 35.9 Å². The maximum Gasteiger partial charge on any atom is 0.255 e. The molecule has 1 aliphatic rings. The standard InChI is InChI=1S/C19H26N2O4/c1-2-12-24-17-4-3-11-21(13-17)19(23)10-7-15-5-8-16(9-6-15)25-14-18(20)22/h5-10,17H,2-4,11-14H2,1H3,(H2,20,22)/b10-7+/t17-/m1/s1. The van der Waals surface area contributed by atoms with Crippen molar-refractivity contribution in [3.8, 4) is 5.75 Å². The predicted octanol–water partition coefficient (Wildman–Crippen LogP) is 1.98. The fourth-order valence-electron chi connectivity index (χ4n) is 2.66. The molecule has 136 valence electrons. The summed E-state index contributed by atoms with van der Waals surface area (Å²) in [7, 11) is 0. The quantitative estimate of drug-likeness (QED) is 0.730. The Morgan fingerprint density at radius 2 is 2.08 bits per heavy atom. The Balaban J connectivity index is 1.85. The molecule has 0 aliphatic carbocycles. The van der Waals surface area contributed by atoms with E-state index in [-0.39, 0.29) is 18.6 Å². The molecular weight excluding hydrogens is 320 g/mol. The molecule has 0 unspecified atom stereocenters. The van der Waals surface area contributed by atoms with Gasteiger partial charge in [0.25, 0.3) is 5.91 Å². The van der Waals surface area contributed by atoms with Crippen molar-refractivity contribution in [2.45, 2.75) is 32.3 Å². The maximum atomic E-state index is 12.3. The van der Waals surface area contributed by atoms with Gasteiger partial charge >= 0.3 is 0 Å². The first-order chi connectivity index (χ1) is 12.1. The summed E-state index contributed by atoms with van der Waals surface area (Å²) in [6, 6.07) is 7.12. The zero-order valence-corrected chi connectivity index (χ0v) is 14.6. The lowest BCUT2D eigenvalue weighted by atomic mass is 10.1. The van der Waals surface area contributed by atoms with E-state index in [1.165, 1.54) is 0 Å². The molecule has 6 nitrogen and oxygen atoms in total. The third-order valence-electron chi connectivity index (χ3n) is 3.93. The number of amides is 2. The van der Waals surface area contributed by atoms with Gasteiger partial charge in [-0.25, -0.2) is 0 Å². The Kier molecular flexibility index (Phi) is 7.47. The summed E-state index contributed by atoms with van der Waals surface area (Å²) in [5.74, 6) is 0.0467. The van der Waals surface area contributed by atoms with Crippen LogP contribution < -0.4 is 10.5 Å². The number of nitrogens with zero attached hydrogens (tertiary/aromatic N) is 1. The number of ether oxygens (including phenoxy) is 2. The smallest absolute Gasteiger partial charge is 0.255 e. The van der Waals surface area contributed by atoms with Gasteiger partial charge < -0.3 is 20.1 Å². The molecule has 0 spiro atoms. The number of hydrogen-bond donors (Lipinski definition) is 1. The van der Waals surface area contributed by atoms with Crippen molar-refractivity contribution in [2.75, 3.05) is 26.3 Å². The molecule has 1 aliphatic heterocycles. The van der Waals surface area contributed by atoms with Crippen LogP contribution in [0.2, 0.25) is 0 Å². The molecule has 1 aromatic carbocycles. The van der Waals surface area contributed by atoms with E-state index >= 15 is 0 Å². The molecule has 0 bridgehead atoms. The summed E-state index contributed by atoms with van der Waals surface area (Å²) in [5, 5.41) is 0. The second kappa shape index (κ2) is 9.84. The molecule has 1 heterocycles. The van der Waals surface area contributed by atoms with Gasteiger partial charge in [0, 0.05) is 25.8 Å². The van der Waals surface area contributed by atoms with Crippen LogP contribution in [0.5, 0.6) is 5.75 Å². The van der Waals surface area contributed by atoms with Gasteiger partial charge in [-0.05, 0) is 43.0 Å². The molecule has 1 aromatic rings. The van der Waals surface area contributed by atoms with Gasteiger partial charge in [-0.1, -0.05) is 19.1 Å². The highest BCUT2D eigenvalue weighted by Crippen LogP contribution is 2.16. The second-order valence-corrected chi connectivity index (χ2v) is 6.08. The predicted molar refractivity (Wildman–Crippen MR) is 96.0 cm³/mol. The van der Waals surface area contributed by atoms with Crippen molar-refractivity contribution in [2.24, 2.45) is 5.73 Å². The Labute approximate surface area is 148 Å². The lowest BCUT2D eigenvalue weighted by molar-refractivity contribution is -0.130. The molecule has 0 aromatic heterocycles.